The summed E-state index contributed by atoms with van der Waals surface area (Å²) in [5.41, 5.74) is 6.74. The molecule has 5 nitrogen and oxygen atoms in total. The average Bonchev–Trinajstić information content (AvgIpc) is 3.05. The smallest absolute Gasteiger partial charge is 0.253 e. The molecule has 0 aliphatic heterocycles. The molecule has 27 heavy (non-hydrogen) atoms. The Bertz CT molecular complexity index is 952. The third-order valence-corrected chi connectivity index (χ3v) is 4.61. The van der Waals surface area contributed by atoms with Crippen LogP contribution in [0.5, 0.6) is 5.75 Å². The Balaban J connectivity index is 1.86. The summed E-state index contributed by atoms with van der Waals surface area (Å²) in [5, 5.41) is 7.11. The number of H-pyrrole nitrogens is 1. The summed E-state index contributed by atoms with van der Waals surface area (Å²) in [6, 6.07) is 13.9. The third-order valence-electron chi connectivity index (χ3n) is 4.61. The Labute approximate surface area is 160 Å². The van der Waals surface area contributed by atoms with Gasteiger partial charge >= 0.3 is 0 Å². The van der Waals surface area contributed by atoms with Gasteiger partial charge in [-0.1, -0.05) is 12.1 Å². The van der Waals surface area contributed by atoms with Crippen LogP contribution in [0.25, 0.3) is 11.1 Å². The zero-order valence-corrected chi connectivity index (χ0v) is 16.5. The molecule has 0 unspecified atom stereocenters. The van der Waals surface area contributed by atoms with Crippen molar-refractivity contribution in [2.24, 2.45) is 0 Å². The van der Waals surface area contributed by atoms with E-state index in [1.165, 1.54) is 0 Å². The highest BCUT2D eigenvalue weighted by Gasteiger charge is 2.15. The molecule has 140 valence electrons. The number of hydrogen-bond donors (Lipinski definition) is 1. The van der Waals surface area contributed by atoms with E-state index in [2.05, 4.69) is 22.3 Å². The maximum Gasteiger partial charge on any atom is 0.253 e. The van der Waals surface area contributed by atoms with E-state index in [-0.39, 0.29) is 5.91 Å². The number of amides is 1. The SMILES string of the molecule is COc1c(C)cc(-c2cccc(C(=O)N(C)Cc3cc(C)[nH]n3)c2)cc1C. The number of nitrogens with one attached hydrogen (secondary N) is 1. The summed E-state index contributed by atoms with van der Waals surface area (Å²) in [7, 11) is 3.48. The van der Waals surface area contributed by atoms with Crippen molar-refractivity contribution in [3.8, 4) is 16.9 Å². The lowest BCUT2D eigenvalue weighted by Gasteiger charge is -2.17. The van der Waals surface area contributed by atoms with E-state index in [1.807, 2.05) is 51.1 Å². The highest BCUT2D eigenvalue weighted by atomic mass is 16.5. The molecule has 0 atom stereocenters. The molecule has 0 aliphatic carbocycles. The van der Waals surface area contributed by atoms with E-state index in [9.17, 15) is 4.79 Å². The topological polar surface area (TPSA) is 58.2 Å². The molecule has 0 saturated heterocycles. The number of rotatable bonds is 5. The normalized spacial score (nSPS) is 10.7. The lowest BCUT2D eigenvalue weighted by Crippen LogP contribution is -2.26. The maximum absolute atomic E-state index is 12.8. The monoisotopic (exact) mass is 363 g/mol. The van der Waals surface area contributed by atoms with Crippen LogP contribution in [0.4, 0.5) is 0 Å². The van der Waals surface area contributed by atoms with E-state index in [0.29, 0.717) is 12.1 Å². The number of hydrogen-bond acceptors (Lipinski definition) is 3. The summed E-state index contributed by atoms with van der Waals surface area (Å²) < 4.78 is 5.45. The first-order valence-electron chi connectivity index (χ1n) is 8.91. The van der Waals surface area contributed by atoms with Crippen molar-refractivity contribution in [3.63, 3.8) is 0 Å². The Morgan fingerprint density at radius 3 is 2.37 bits per heavy atom. The van der Waals surface area contributed by atoms with Gasteiger partial charge < -0.3 is 9.64 Å². The second-order valence-electron chi connectivity index (χ2n) is 6.93. The van der Waals surface area contributed by atoms with E-state index in [4.69, 9.17) is 4.74 Å². The third kappa shape index (κ3) is 4.03. The molecule has 3 rings (SSSR count). The number of carbonyl (C=O) groups is 1. The minimum absolute atomic E-state index is 0.0283. The van der Waals surface area contributed by atoms with Gasteiger partial charge in [-0.2, -0.15) is 5.10 Å². The van der Waals surface area contributed by atoms with Crippen molar-refractivity contribution >= 4 is 5.91 Å². The molecule has 0 saturated carbocycles. The standard InChI is InChI=1S/C22H25N3O2/c1-14-9-19(10-15(2)21(14)27-5)17-7-6-8-18(12-17)22(26)25(4)13-20-11-16(3)23-24-20/h6-12H,13H2,1-5H3,(H,23,24). The molecule has 0 aliphatic rings. The van der Waals surface area contributed by atoms with Gasteiger partial charge in [-0.3, -0.25) is 9.89 Å². The van der Waals surface area contributed by atoms with Crippen LogP contribution in [0.1, 0.15) is 32.9 Å². The molecule has 0 bridgehead atoms. The van der Waals surface area contributed by atoms with Crippen molar-refractivity contribution < 1.29 is 9.53 Å². The lowest BCUT2D eigenvalue weighted by molar-refractivity contribution is 0.0783. The van der Waals surface area contributed by atoms with Gasteiger partial charge in [0.25, 0.3) is 5.91 Å². The number of nitrogens with zero attached hydrogens (tertiary/aromatic N) is 2. The van der Waals surface area contributed by atoms with E-state index < -0.39 is 0 Å². The van der Waals surface area contributed by atoms with Gasteiger partial charge in [-0.15, -0.1) is 0 Å². The van der Waals surface area contributed by atoms with E-state index in [0.717, 1.165) is 39.4 Å². The van der Waals surface area contributed by atoms with Crippen LogP contribution in [-0.2, 0) is 6.54 Å². The number of methoxy groups -OCH3 is 1. The van der Waals surface area contributed by atoms with Crippen LogP contribution >= 0.6 is 0 Å². The molecular weight excluding hydrogens is 338 g/mol. The lowest BCUT2D eigenvalue weighted by atomic mass is 9.98. The van der Waals surface area contributed by atoms with Crippen molar-refractivity contribution in [2.45, 2.75) is 27.3 Å². The maximum atomic E-state index is 12.8. The molecule has 0 spiro atoms. The Hall–Kier alpha value is -3.08. The Morgan fingerprint density at radius 1 is 1.07 bits per heavy atom. The number of ether oxygens (including phenoxy) is 1. The van der Waals surface area contributed by atoms with Crippen LogP contribution in [0.15, 0.2) is 42.5 Å². The largest absolute Gasteiger partial charge is 0.496 e. The van der Waals surface area contributed by atoms with Gasteiger partial charge in [0.1, 0.15) is 5.75 Å². The van der Waals surface area contributed by atoms with E-state index >= 15 is 0 Å². The molecule has 2 aromatic carbocycles. The van der Waals surface area contributed by atoms with Crippen LogP contribution in [0, 0.1) is 20.8 Å². The molecule has 1 heterocycles. The highest BCUT2D eigenvalue weighted by molar-refractivity contribution is 5.95. The summed E-state index contributed by atoms with van der Waals surface area (Å²) in [4.78, 5) is 14.5. The molecule has 3 aromatic rings. The summed E-state index contributed by atoms with van der Waals surface area (Å²) >= 11 is 0. The number of aromatic nitrogens is 2. The van der Waals surface area contributed by atoms with E-state index in [1.54, 1.807) is 19.1 Å². The van der Waals surface area contributed by atoms with Crippen molar-refractivity contribution in [1.82, 2.24) is 15.1 Å². The fourth-order valence-electron chi connectivity index (χ4n) is 3.36. The van der Waals surface area contributed by atoms with Crippen molar-refractivity contribution in [1.29, 1.82) is 0 Å². The second-order valence-corrected chi connectivity index (χ2v) is 6.93. The van der Waals surface area contributed by atoms with Crippen LogP contribution < -0.4 is 4.74 Å². The zero-order valence-electron chi connectivity index (χ0n) is 16.5. The Morgan fingerprint density at radius 2 is 1.78 bits per heavy atom. The minimum atomic E-state index is -0.0283. The number of benzene rings is 2. The quantitative estimate of drug-likeness (QED) is 0.736. The molecule has 1 amide bonds. The zero-order chi connectivity index (χ0) is 19.6. The van der Waals surface area contributed by atoms with Gasteiger partial charge in [-0.25, -0.2) is 0 Å². The fourth-order valence-corrected chi connectivity index (χ4v) is 3.36. The van der Waals surface area contributed by atoms with Crippen LogP contribution in [0.3, 0.4) is 0 Å². The predicted octanol–water partition coefficient (Wildman–Crippen LogP) is 4.28. The summed E-state index contributed by atoms with van der Waals surface area (Å²) in [6.45, 7) is 6.47. The molecule has 0 radical (unpaired) electrons. The molecule has 0 fully saturated rings. The fraction of sp³-hybridized carbons (Fsp3) is 0.273. The highest BCUT2D eigenvalue weighted by Crippen LogP contribution is 2.30. The molecule has 5 heteroatoms. The second kappa shape index (κ2) is 7.66. The number of carbonyl (C=O) groups excluding carboxylic acids is 1. The first-order chi connectivity index (χ1) is 12.9. The average molecular weight is 363 g/mol. The van der Waals surface area contributed by atoms with Gasteiger partial charge in [0.05, 0.1) is 19.3 Å². The minimum Gasteiger partial charge on any atom is -0.496 e. The Kier molecular flexibility index (Phi) is 5.31. The first kappa shape index (κ1) is 18.7. The van der Waals surface area contributed by atoms with Gasteiger partial charge in [-0.05, 0) is 73.4 Å². The first-order valence-corrected chi connectivity index (χ1v) is 8.91. The molecule has 1 aromatic heterocycles. The molecular formula is C22H25N3O2. The van der Waals surface area contributed by atoms with Crippen molar-refractivity contribution in [3.05, 3.63) is 70.5 Å². The van der Waals surface area contributed by atoms with Gasteiger partial charge in [0.15, 0.2) is 0 Å². The van der Waals surface area contributed by atoms with Gasteiger partial charge in [0, 0.05) is 18.3 Å². The van der Waals surface area contributed by atoms with Crippen molar-refractivity contribution in [2.75, 3.05) is 14.2 Å². The number of aromatic amines is 1. The number of aryl methyl sites for hydroxylation is 3. The summed E-state index contributed by atoms with van der Waals surface area (Å²) in [6.07, 6.45) is 0. The predicted molar refractivity (Wildman–Crippen MR) is 107 cm³/mol. The van der Waals surface area contributed by atoms with Crippen LogP contribution in [-0.4, -0.2) is 35.2 Å². The summed E-state index contributed by atoms with van der Waals surface area (Å²) in [5.74, 6) is 0.875. The molecule has 1 N–H and O–H groups in total. The van der Waals surface area contributed by atoms with Crippen LogP contribution in [0.2, 0.25) is 0 Å². The van der Waals surface area contributed by atoms with Gasteiger partial charge in [0.2, 0.25) is 0 Å².